The molecule has 0 radical (unpaired) electrons. The molecule has 0 unspecified atom stereocenters. The number of ketones is 1. The van der Waals surface area contributed by atoms with Gasteiger partial charge in [0.2, 0.25) is 10.0 Å². The molecule has 1 aliphatic heterocycles. The van der Waals surface area contributed by atoms with Crippen molar-refractivity contribution in [2.24, 2.45) is 11.7 Å². The van der Waals surface area contributed by atoms with E-state index in [1.807, 2.05) is 44.2 Å². The van der Waals surface area contributed by atoms with Crippen molar-refractivity contribution in [2.75, 3.05) is 18.9 Å². The van der Waals surface area contributed by atoms with Crippen LogP contribution in [0.1, 0.15) is 38.2 Å². The monoisotopic (exact) mass is 598 g/mol. The van der Waals surface area contributed by atoms with Gasteiger partial charge in [-0.2, -0.15) is 4.31 Å². The van der Waals surface area contributed by atoms with Crippen LogP contribution in [0.25, 0.3) is 11.1 Å². The van der Waals surface area contributed by atoms with Gasteiger partial charge >= 0.3 is 5.97 Å². The zero-order valence-electron chi connectivity index (χ0n) is 23.1. The molecule has 0 spiro atoms. The van der Waals surface area contributed by atoms with E-state index in [0.29, 0.717) is 23.3 Å². The predicted octanol–water partition coefficient (Wildman–Crippen LogP) is 5.22. The molecule has 0 saturated carbocycles. The predicted molar refractivity (Wildman–Crippen MR) is 159 cm³/mol. The minimum absolute atomic E-state index is 0.0471. The van der Waals surface area contributed by atoms with E-state index in [4.69, 9.17) is 10.5 Å². The zero-order chi connectivity index (χ0) is 29.6. The summed E-state index contributed by atoms with van der Waals surface area (Å²) in [5, 5.41) is -0.866. The average Bonchev–Trinajstić information content (AvgIpc) is 3.48. The Labute approximate surface area is 245 Å². The van der Waals surface area contributed by atoms with E-state index in [1.54, 1.807) is 30.3 Å². The quantitative estimate of drug-likeness (QED) is 0.285. The number of sulfonamides is 1. The number of esters is 1. The highest BCUT2D eigenvalue weighted by Gasteiger charge is 2.40. The lowest BCUT2D eigenvalue weighted by Gasteiger charge is -2.25. The van der Waals surface area contributed by atoms with Crippen molar-refractivity contribution in [3.8, 4) is 11.1 Å². The van der Waals surface area contributed by atoms with Crippen LogP contribution in [-0.2, 0) is 24.3 Å². The first kappa shape index (κ1) is 30.9. The smallest absolute Gasteiger partial charge is 0.323 e. The van der Waals surface area contributed by atoms with Gasteiger partial charge in [-0.1, -0.05) is 74.5 Å². The lowest BCUT2D eigenvalue weighted by atomic mass is 9.91. The molecule has 41 heavy (non-hydrogen) atoms. The van der Waals surface area contributed by atoms with E-state index in [1.165, 1.54) is 34.3 Å². The zero-order valence-corrected chi connectivity index (χ0v) is 24.7. The number of carbonyl (C=O) groups excluding carboxylic acids is 2. The summed E-state index contributed by atoms with van der Waals surface area (Å²) < 4.78 is 48.1. The second kappa shape index (κ2) is 13.7. The van der Waals surface area contributed by atoms with Crippen molar-refractivity contribution in [1.82, 2.24) is 4.31 Å². The van der Waals surface area contributed by atoms with Gasteiger partial charge in [0.05, 0.1) is 11.5 Å². The van der Waals surface area contributed by atoms with Crippen LogP contribution in [0.4, 0.5) is 4.39 Å². The van der Waals surface area contributed by atoms with E-state index < -0.39 is 33.2 Å². The van der Waals surface area contributed by atoms with Crippen LogP contribution in [0.3, 0.4) is 0 Å². The number of benzene rings is 3. The van der Waals surface area contributed by atoms with Gasteiger partial charge in [-0.3, -0.25) is 9.59 Å². The fourth-order valence-electron chi connectivity index (χ4n) is 4.72. The lowest BCUT2D eigenvalue weighted by Crippen LogP contribution is -2.40. The molecular formula is C31H35FN2O5S2. The van der Waals surface area contributed by atoms with E-state index in [0.717, 1.165) is 5.56 Å². The van der Waals surface area contributed by atoms with Gasteiger partial charge in [-0.15, -0.1) is 11.8 Å². The van der Waals surface area contributed by atoms with E-state index in [-0.39, 0.29) is 42.1 Å². The molecule has 3 aromatic rings. The maximum absolute atomic E-state index is 14.2. The molecule has 3 aromatic carbocycles. The van der Waals surface area contributed by atoms with Crippen LogP contribution in [-0.4, -0.2) is 54.8 Å². The van der Waals surface area contributed by atoms with Crippen LogP contribution >= 0.6 is 11.8 Å². The van der Waals surface area contributed by atoms with Gasteiger partial charge in [-0.25, -0.2) is 12.8 Å². The van der Waals surface area contributed by atoms with Gasteiger partial charge in [0.1, 0.15) is 17.2 Å². The summed E-state index contributed by atoms with van der Waals surface area (Å²) in [6, 6.07) is 21.1. The Kier molecular flexibility index (Phi) is 10.4. The molecule has 7 nitrogen and oxygen atoms in total. The number of ether oxygens (including phenoxy) is 1. The average molecular weight is 599 g/mol. The summed E-state index contributed by atoms with van der Waals surface area (Å²) in [5.41, 5.74) is 7.74. The van der Waals surface area contributed by atoms with Crippen molar-refractivity contribution in [3.05, 3.63) is 90.2 Å². The molecule has 0 aromatic heterocycles. The number of hydrogen-bond acceptors (Lipinski definition) is 7. The third kappa shape index (κ3) is 7.43. The minimum atomic E-state index is -3.97. The van der Waals surface area contributed by atoms with E-state index in [2.05, 4.69) is 0 Å². The van der Waals surface area contributed by atoms with Crippen LogP contribution in [0.15, 0.2) is 83.8 Å². The van der Waals surface area contributed by atoms with Gasteiger partial charge < -0.3 is 10.5 Å². The Morgan fingerprint density at radius 2 is 1.68 bits per heavy atom. The first-order valence-corrected chi connectivity index (χ1v) is 16.1. The van der Waals surface area contributed by atoms with Crippen molar-refractivity contribution in [1.29, 1.82) is 0 Å². The molecule has 218 valence electrons. The standard InChI is InChI=1S/C31H35FN2O5S2/c1-21(2)29(33)31(36)39-18-16-24(22-8-4-3-5-9-22)20-28(35)30-34(17-19-40-30)41(37,38)25-14-12-23(13-15-25)26-10-6-7-11-27(26)32/h3-15,21,24,29-30H,16-20,33H2,1-2H3/t24-,29+,30+/m1/s1. The molecule has 10 heteroatoms. The number of halogens is 1. The Morgan fingerprint density at radius 3 is 2.34 bits per heavy atom. The molecule has 1 aliphatic rings. The number of thioether (sulfide) groups is 1. The van der Waals surface area contributed by atoms with Gasteiger partial charge in [0.15, 0.2) is 5.78 Å². The SMILES string of the molecule is CC(C)[C@H](N)C(=O)OCC[C@H](CC(=O)[C@@H]1SCCN1S(=O)(=O)c1ccc(-c2ccccc2F)cc1)c1ccccc1. The molecule has 2 N–H and O–H groups in total. The fraction of sp³-hybridized carbons (Fsp3) is 0.355. The van der Waals surface area contributed by atoms with Gasteiger partial charge in [-0.05, 0) is 47.6 Å². The molecule has 1 heterocycles. The lowest BCUT2D eigenvalue weighted by molar-refractivity contribution is -0.146. The summed E-state index contributed by atoms with van der Waals surface area (Å²) in [7, 11) is -3.97. The number of nitrogens with two attached hydrogens (primary N) is 1. The molecule has 0 bridgehead atoms. The first-order chi connectivity index (χ1) is 19.6. The number of carbonyl (C=O) groups is 2. The first-order valence-electron chi connectivity index (χ1n) is 13.6. The van der Waals surface area contributed by atoms with Crippen molar-refractivity contribution in [2.45, 2.75) is 48.9 Å². The van der Waals surface area contributed by atoms with Crippen LogP contribution in [0, 0.1) is 11.7 Å². The molecule has 4 rings (SSSR count). The third-order valence-corrected chi connectivity index (χ3v) is 10.5. The maximum atomic E-state index is 14.2. The van der Waals surface area contributed by atoms with E-state index >= 15 is 0 Å². The Balaban J connectivity index is 1.48. The topological polar surface area (TPSA) is 107 Å². The van der Waals surface area contributed by atoms with Gasteiger partial charge in [0.25, 0.3) is 0 Å². The summed E-state index contributed by atoms with van der Waals surface area (Å²) in [6.07, 6.45) is 0.488. The highest BCUT2D eigenvalue weighted by Crippen LogP contribution is 2.35. The molecular weight excluding hydrogens is 563 g/mol. The molecule has 1 fully saturated rings. The Bertz CT molecular complexity index is 1450. The molecule has 0 aliphatic carbocycles. The molecule has 1 saturated heterocycles. The highest BCUT2D eigenvalue weighted by atomic mass is 32.2. The highest BCUT2D eigenvalue weighted by molar-refractivity contribution is 8.02. The largest absolute Gasteiger partial charge is 0.465 e. The second-order valence-electron chi connectivity index (χ2n) is 10.3. The summed E-state index contributed by atoms with van der Waals surface area (Å²) in [6.45, 7) is 3.99. The van der Waals surface area contributed by atoms with Crippen LogP contribution in [0.2, 0.25) is 0 Å². The van der Waals surface area contributed by atoms with E-state index in [9.17, 15) is 22.4 Å². The summed E-state index contributed by atoms with van der Waals surface area (Å²) in [4.78, 5) is 25.9. The van der Waals surface area contributed by atoms with Crippen molar-refractivity contribution in [3.63, 3.8) is 0 Å². The molecule has 3 atom stereocenters. The summed E-state index contributed by atoms with van der Waals surface area (Å²) >= 11 is 1.30. The number of hydrogen-bond donors (Lipinski definition) is 1. The number of Topliss-reactive ketones (excluding diaryl/α,β-unsaturated/α-hetero) is 1. The maximum Gasteiger partial charge on any atom is 0.323 e. The Hall–Kier alpha value is -3.05. The van der Waals surface area contributed by atoms with Crippen LogP contribution in [0.5, 0.6) is 0 Å². The van der Waals surface area contributed by atoms with Gasteiger partial charge in [0, 0.05) is 24.3 Å². The normalized spacial score (nSPS) is 17.3. The molecule has 0 amide bonds. The number of nitrogens with zero attached hydrogens (tertiary/aromatic N) is 1. The second-order valence-corrected chi connectivity index (χ2v) is 13.4. The summed E-state index contributed by atoms with van der Waals surface area (Å²) in [5.74, 6) is -0.922. The minimum Gasteiger partial charge on any atom is -0.465 e. The number of rotatable bonds is 12. The third-order valence-electron chi connectivity index (χ3n) is 7.19. The Morgan fingerprint density at radius 1 is 1.02 bits per heavy atom. The van der Waals surface area contributed by atoms with Crippen LogP contribution < -0.4 is 5.73 Å². The van der Waals surface area contributed by atoms with Crippen molar-refractivity contribution < 1.29 is 27.1 Å². The van der Waals surface area contributed by atoms with Crippen molar-refractivity contribution >= 4 is 33.5 Å². The fourth-order valence-corrected chi connectivity index (χ4v) is 7.89.